The quantitative estimate of drug-likeness (QED) is 0.0848. The lowest BCUT2D eigenvalue weighted by molar-refractivity contribution is -0.138. The maximum Gasteiger partial charge on any atom is 0.511 e. The standard InChI is InChI=1S/C44H47FNO5PSi/c1-31(2)43-39(40(38-25-24-34(45)27-32(38)3)29-41(46-43)33-17-10-7-11-18-33)23-16-26-50-52(49)30-35(28-42(47)48)51-53(44(4,5)6,36-19-12-8-13-20-36)37-21-14-9-15-22-37/h7-25,27,29,31,35H,26,28,30H2,1-6H3/p+1. The molecule has 9 heteroatoms. The molecule has 0 bridgehead atoms. The summed E-state index contributed by atoms with van der Waals surface area (Å²) < 4.78 is 40.7. The molecule has 2 atom stereocenters. The molecule has 0 amide bonds. The minimum Gasteiger partial charge on any atom is -0.481 e. The number of pyridine rings is 1. The van der Waals surface area contributed by atoms with Gasteiger partial charge in [0, 0.05) is 11.1 Å². The summed E-state index contributed by atoms with van der Waals surface area (Å²) in [5.41, 5.74) is 6.11. The van der Waals surface area contributed by atoms with E-state index in [0.717, 1.165) is 49.6 Å². The van der Waals surface area contributed by atoms with Crippen LogP contribution in [0.5, 0.6) is 0 Å². The average Bonchev–Trinajstić information content (AvgIpc) is 3.12. The van der Waals surface area contributed by atoms with Crippen LogP contribution < -0.4 is 10.4 Å². The summed E-state index contributed by atoms with van der Waals surface area (Å²) in [7, 11) is -5.41. The van der Waals surface area contributed by atoms with Crippen LogP contribution in [0.3, 0.4) is 0 Å². The number of aryl methyl sites for hydroxylation is 1. The van der Waals surface area contributed by atoms with Crippen molar-refractivity contribution < 1.29 is 27.8 Å². The van der Waals surface area contributed by atoms with E-state index in [2.05, 4.69) is 34.6 Å². The Balaban J connectivity index is 1.43. The zero-order chi connectivity index (χ0) is 38.2. The lowest BCUT2D eigenvalue weighted by Gasteiger charge is -2.44. The van der Waals surface area contributed by atoms with Crippen LogP contribution in [0.4, 0.5) is 4.39 Å². The molecule has 274 valence electrons. The van der Waals surface area contributed by atoms with Gasteiger partial charge in [-0.05, 0) is 67.7 Å². The first kappa shape index (κ1) is 39.6. The molecular weight excluding hydrogens is 701 g/mol. The number of nitrogens with zero attached hydrogens (tertiary/aromatic N) is 1. The van der Waals surface area contributed by atoms with E-state index in [0.29, 0.717) is 0 Å². The van der Waals surface area contributed by atoms with Crippen LogP contribution in [0.2, 0.25) is 5.04 Å². The fraction of sp³-hybridized carbons (Fsp3) is 0.273. The molecule has 1 N–H and O–H groups in total. The fourth-order valence-corrected chi connectivity index (χ4v) is 12.6. The van der Waals surface area contributed by atoms with Crippen molar-refractivity contribution in [2.24, 2.45) is 0 Å². The molecule has 6 nitrogen and oxygen atoms in total. The van der Waals surface area contributed by atoms with Gasteiger partial charge in [0.25, 0.3) is 8.32 Å². The molecule has 2 unspecified atom stereocenters. The molecule has 0 radical (unpaired) electrons. The second-order valence-corrected chi connectivity index (χ2v) is 20.1. The van der Waals surface area contributed by atoms with Gasteiger partial charge >= 0.3 is 14.0 Å². The number of aliphatic carboxylic acids is 1. The van der Waals surface area contributed by atoms with Crippen LogP contribution in [0.1, 0.15) is 63.8 Å². The van der Waals surface area contributed by atoms with Crippen molar-refractivity contribution in [3.05, 3.63) is 144 Å². The smallest absolute Gasteiger partial charge is 0.481 e. The van der Waals surface area contributed by atoms with Gasteiger partial charge in [-0.1, -0.05) is 144 Å². The number of benzene rings is 4. The van der Waals surface area contributed by atoms with Crippen LogP contribution in [0.25, 0.3) is 28.5 Å². The number of carboxylic acid groups (broad SMARTS) is 1. The first-order valence-electron chi connectivity index (χ1n) is 17.9. The molecule has 4 aromatic carbocycles. The molecule has 0 saturated heterocycles. The lowest BCUT2D eigenvalue weighted by Crippen LogP contribution is -2.68. The normalized spacial score (nSPS) is 13.0. The highest BCUT2D eigenvalue weighted by Gasteiger charge is 2.52. The average molecular weight is 749 g/mol. The SMILES string of the molecule is Cc1cc(F)ccc1-c1cc(-c2ccccc2)nc(C(C)C)c1C=CCO[P+](=O)CC(CC(=O)O)O[Si](c1ccccc1)(c1ccccc1)C(C)(C)C. The third-order valence-corrected chi connectivity index (χ3v) is 15.5. The molecule has 0 spiro atoms. The van der Waals surface area contributed by atoms with Gasteiger partial charge in [0.15, 0.2) is 0 Å². The predicted molar refractivity (Wildman–Crippen MR) is 216 cm³/mol. The molecule has 53 heavy (non-hydrogen) atoms. The number of rotatable bonds is 15. The van der Waals surface area contributed by atoms with E-state index in [4.69, 9.17) is 13.9 Å². The second-order valence-electron chi connectivity index (χ2n) is 14.5. The Morgan fingerprint density at radius 3 is 2.00 bits per heavy atom. The van der Waals surface area contributed by atoms with Gasteiger partial charge in [0.05, 0.1) is 17.8 Å². The molecule has 0 fully saturated rings. The molecule has 0 saturated carbocycles. The highest BCUT2D eigenvalue weighted by molar-refractivity contribution is 7.39. The third kappa shape index (κ3) is 9.50. The van der Waals surface area contributed by atoms with Crippen molar-refractivity contribution >= 4 is 38.8 Å². The van der Waals surface area contributed by atoms with Crippen molar-refractivity contribution in [1.29, 1.82) is 0 Å². The predicted octanol–water partition coefficient (Wildman–Crippen LogP) is 10.2. The van der Waals surface area contributed by atoms with Crippen molar-refractivity contribution in [2.75, 3.05) is 12.8 Å². The Morgan fingerprint density at radius 2 is 1.47 bits per heavy atom. The number of carbonyl (C=O) groups is 1. The zero-order valence-corrected chi connectivity index (χ0v) is 33.1. The second kappa shape index (κ2) is 17.5. The van der Waals surface area contributed by atoms with Crippen LogP contribution in [-0.4, -0.2) is 43.2 Å². The van der Waals surface area contributed by atoms with E-state index in [1.54, 1.807) is 12.1 Å². The highest BCUT2D eigenvalue weighted by Crippen LogP contribution is 2.40. The Labute approximate surface area is 314 Å². The Hall–Kier alpha value is -4.59. The van der Waals surface area contributed by atoms with Crippen LogP contribution >= 0.6 is 8.03 Å². The van der Waals surface area contributed by atoms with E-state index in [1.165, 1.54) is 12.1 Å². The molecule has 1 heterocycles. The van der Waals surface area contributed by atoms with Gasteiger partial charge in [-0.15, -0.1) is 4.52 Å². The largest absolute Gasteiger partial charge is 0.511 e. The van der Waals surface area contributed by atoms with Crippen LogP contribution in [0, 0.1) is 12.7 Å². The van der Waals surface area contributed by atoms with Crippen molar-refractivity contribution in [1.82, 2.24) is 4.98 Å². The van der Waals surface area contributed by atoms with E-state index in [9.17, 15) is 18.9 Å². The summed E-state index contributed by atoms with van der Waals surface area (Å²) in [6, 6.07) is 36.7. The van der Waals surface area contributed by atoms with Gasteiger partial charge in [-0.25, -0.2) is 4.39 Å². The number of aromatic nitrogens is 1. The summed E-state index contributed by atoms with van der Waals surface area (Å²) in [5, 5.41) is 11.6. The number of halogens is 1. The Bertz CT molecular complexity index is 2010. The molecular formula is C44H48FNO5PSi+. The minimum atomic E-state index is -3.11. The Kier molecular flexibility index (Phi) is 13.1. The van der Waals surface area contributed by atoms with Crippen LogP contribution in [-0.2, 0) is 18.3 Å². The van der Waals surface area contributed by atoms with Gasteiger partial charge in [-0.3, -0.25) is 9.78 Å². The first-order valence-corrected chi connectivity index (χ1v) is 21.2. The van der Waals surface area contributed by atoms with E-state index in [1.807, 2.05) is 110 Å². The molecule has 1 aromatic heterocycles. The van der Waals surface area contributed by atoms with E-state index >= 15 is 0 Å². The maximum atomic E-state index is 14.2. The lowest BCUT2D eigenvalue weighted by atomic mass is 9.90. The zero-order valence-electron chi connectivity index (χ0n) is 31.3. The molecule has 0 aliphatic carbocycles. The van der Waals surface area contributed by atoms with Gasteiger partial charge in [0.2, 0.25) is 6.16 Å². The van der Waals surface area contributed by atoms with Crippen molar-refractivity contribution in [3.63, 3.8) is 0 Å². The highest BCUT2D eigenvalue weighted by atomic mass is 31.1. The fourth-order valence-electron chi connectivity index (χ4n) is 6.89. The number of carboxylic acids is 1. The van der Waals surface area contributed by atoms with Gasteiger partial charge in [0.1, 0.15) is 18.5 Å². The summed E-state index contributed by atoms with van der Waals surface area (Å²) in [5.74, 6) is -1.28. The van der Waals surface area contributed by atoms with Gasteiger partial charge < -0.3 is 9.53 Å². The van der Waals surface area contributed by atoms with Crippen molar-refractivity contribution in [3.8, 4) is 22.4 Å². The molecule has 5 aromatic rings. The number of hydrogen-bond acceptors (Lipinski definition) is 5. The van der Waals surface area contributed by atoms with E-state index in [-0.39, 0.29) is 36.0 Å². The molecule has 0 aliphatic rings. The molecule has 0 aliphatic heterocycles. The first-order chi connectivity index (χ1) is 25.3. The maximum absolute atomic E-state index is 14.2. The minimum absolute atomic E-state index is 0.0218. The summed E-state index contributed by atoms with van der Waals surface area (Å²) in [6.45, 7) is 12.4. The van der Waals surface area contributed by atoms with Gasteiger partial charge in [-0.2, -0.15) is 0 Å². The Morgan fingerprint density at radius 1 is 0.887 bits per heavy atom. The van der Waals surface area contributed by atoms with E-state index < -0.39 is 28.4 Å². The van der Waals surface area contributed by atoms with Crippen LogP contribution in [0.15, 0.2) is 121 Å². The molecule has 5 rings (SSSR count). The topological polar surface area (TPSA) is 85.7 Å². The van der Waals surface area contributed by atoms with Crippen molar-refractivity contribution in [2.45, 2.75) is 65.0 Å². The monoisotopic (exact) mass is 748 g/mol. The summed E-state index contributed by atoms with van der Waals surface area (Å²) in [6.07, 6.45) is 2.47. The number of hydrogen-bond donors (Lipinski definition) is 1. The third-order valence-electron chi connectivity index (χ3n) is 9.30. The summed E-state index contributed by atoms with van der Waals surface area (Å²) in [4.78, 5) is 17.2. The summed E-state index contributed by atoms with van der Waals surface area (Å²) >= 11 is 0.